The Balaban J connectivity index is 1.28. The van der Waals surface area contributed by atoms with Gasteiger partial charge in [-0.3, -0.25) is 9.36 Å². The van der Waals surface area contributed by atoms with Gasteiger partial charge < -0.3 is 9.73 Å². The van der Waals surface area contributed by atoms with Gasteiger partial charge in [0.1, 0.15) is 0 Å². The summed E-state index contributed by atoms with van der Waals surface area (Å²) in [6.07, 6.45) is 1.70. The van der Waals surface area contributed by atoms with E-state index in [2.05, 4.69) is 10.3 Å². The van der Waals surface area contributed by atoms with Gasteiger partial charge in [0.2, 0.25) is 15.9 Å². The largest absolute Gasteiger partial charge is 0.419 e. The van der Waals surface area contributed by atoms with Crippen LogP contribution in [0.15, 0.2) is 68.0 Å². The first-order valence-electron chi connectivity index (χ1n) is 10.9. The Morgan fingerprint density at radius 3 is 2.65 bits per heavy atom. The normalized spacial score (nSPS) is 14.6. The van der Waals surface area contributed by atoms with Crippen molar-refractivity contribution in [3.8, 4) is 11.3 Å². The lowest BCUT2D eigenvalue weighted by molar-refractivity contribution is -0.116. The second kappa shape index (κ2) is 9.16. The molecule has 1 aliphatic rings. The number of thiazole rings is 1. The van der Waals surface area contributed by atoms with Crippen molar-refractivity contribution in [1.29, 1.82) is 0 Å². The number of carbonyl (C=O) groups is 1. The Morgan fingerprint density at radius 1 is 1.12 bits per heavy atom. The van der Waals surface area contributed by atoms with Crippen LogP contribution in [0.2, 0.25) is 0 Å². The maximum absolute atomic E-state index is 12.8. The molecule has 3 heterocycles. The molecule has 0 saturated carbocycles. The Kier molecular flexibility index (Phi) is 6.07. The number of sulfonamides is 1. The Labute approximate surface area is 199 Å². The molecule has 2 aromatic heterocycles. The van der Waals surface area contributed by atoms with E-state index in [0.29, 0.717) is 23.7 Å². The predicted molar refractivity (Wildman–Crippen MR) is 129 cm³/mol. The summed E-state index contributed by atoms with van der Waals surface area (Å²) in [6, 6.07) is 14.1. The van der Waals surface area contributed by atoms with Crippen molar-refractivity contribution < 1.29 is 17.6 Å². The van der Waals surface area contributed by atoms with Crippen LogP contribution >= 0.6 is 11.3 Å². The van der Waals surface area contributed by atoms with Gasteiger partial charge in [-0.1, -0.05) is 30.3 Å². The Bertz CT molecular complexity index is 1500. The number of amides is 1. The highest BCUT2D eigenvalue weighted by Gasteiger charge is 2.28. The minimum Gasteiger partial charge on any atom is -0.408 e. The van der Waals surface area contributed by atoms with E-state index in [-0.39, 0.29) is 29.4 Å². The molecule has 11 heteroatoms. The fourth-order valence-corrected chi connectivity index (χ4v) is 6.23. The van der Waals surface area contributed by atoms with Crippen molar-refractivity contribution in [3.05, 3.63) is 64.5 Å². The molecule has 0 radical (unpaired) electrons. The van der Waals surface area contributed by atoms with E-state index < -0.39 is 15.8 Å². The molecule has 1 N–H and O–H groups in total. The maximum Gasteiger partial charge on any atom is 0.419 e. The third-order valence-electron chi connectivity index (χ3n) is 5.73. The van der Waals surface area contributed by atoms with E-state index in [0.717, 1.165) is 24.1 Å². The predicted octanol–water partition coefficient (Wildman–Crippen LogP) is 3.53. The van der Waals surface area contributed by atoms with Crippen LogP contribution in [0.3, 0.4) is 0 Å². The van der Waals surface area contributed by atoms with E-state index in [9.17, 15) is 18.0 Å². The third-order valence-corrected chi connectivity index (χ3v) is 8.38. The van der Waals surface area contributed by atoms with Crippen molar-refractivity contribution in [2.24, 2.45) is 0 Å². The van der Waals surface area contributed by atoms with Gasteiger partial charge in [0, 0.05) is 43.1 Å². The van der Waals surface area contributed by atoms with E-state index in [1.54, 1.807) is 6.07 Å². The van der Waals surface area contributed by atoms with Gasteiger partial charge in [-0.05, 0) is 25.0 Å². The molecule has 1 fully saturated rings. The number of nitrogens with one attached hydrogen (secondary N) is 1. The smallest absolute Gasteiger partial charge is 0.408 e. The topological polar surface area (TPSA) is 115 Å². The van der Waals surface area contributed by atoms with Crippen LogP contribution in [0.1, 0.15) is 19.3 Å². The molecule has 34 heavy (non-hydrogen) atoms. The molecule has 0 spiro atoms. The van der Waals surface area contributed by atoms with Crippen molar-refractivity contribution in [2.75, 3.05) is 18.4 Å². The number of aromatic nitrogens is 2. The summed E-state index contributed by atoms with van der Waals surface area (Å²) in [5.41, 5.74) is 2.36. The van der Waals surface area contributed by atoms with Gasteiger partial charge >= 0.3 is 5.76 Å². The van der Waals surface area contributed by atoms with E-state index in [1.807, 2.05) is 35.7 Å². The third kappa shape index (κ3) is 4.41. The highest BCUT2D eigenvalue weighted by Crippen LogP contribution is 2.26. The van der Waals surface area contributed by atoms with Gasteiger partial charge in [0.05, 0.1) is 16.1 Å². The highest BCUT2D eigenvalue weighted by atomic mass is 32.2. The van der Waals surface area contributed by atoms with E-state index >= 15 is 0 Å². The van der Waals surface area contributed by atoms with Gasteiger partial charge in [-0.15, -0.1) is 11.3 Å². The number of rotatable bonds is 7. The summed E-state index contributed by atoms with van der Waals surface area (Å²) in [4.78, 5) is 29.4. The molecule has 1 aliphatic heterocycles. The van der Waals surface area contributed by atoms with E-state index in [1.165, 1.54) is 32.3 Å². The molecule has 0 aliphatic carbocycles. The summed E-state index contributed by atoms with van der Waals surface area (Å²) in [5, 5.41) is 5.10. The standard InChI is InChI=1S/C23H22N4O5S2/c28-21(25-22-24-18(15-33-22)16-6-2-1-3-7-16)10-13-27-19-9-8-17(14-20(19)32-23(27)29)34(30,31)26-11-4-5-12-26/h1-3,6-9,14-15H,4-5,10-13H2,(H,24,25,28). The van der Waals surface area contributed by atoms with Crippen LogP contribution in [-0.4, -0.2) is 41.3 Å². The molecule has 0 atom stereocenters. The second-order valence-electron chi connectivity index (χ2n) is 7.96. The molecular formula is C23H22N4O5S2. The number of nitrogens with zero attached hydrogens (tertiary/aromatic N) is 3. The molecule has 1 amide bonds. The monoisotopic (exact) mass is 498 g/mol. The SMILES string of the molecule is O=C(CCn1c(=O)oc2cc(S(=O)(=O)N3CCCC3)ccc21)Nc1nc(-c2ccccc2)cs1. The van der Waals surface area contributed by atoms with Gasteiger partial charge in [-0.2, -0.15) is 4.31 Å². The zero-order valence-electron chi connectivity index (χ0n) is 18.1. The summed E-state index contributed by atoms with van der Waals surface area (Å²) in [7, 11) is -3.62. The minimum absolute atomic E-state index is 0.0304. The van der Waals surface area contributed by atoms with Crippen LogP contribution in [0.5, 0.6) is 0 Å². The molecule has 2 aromatic carbocycles. The van der Waals surface area contributed by atoms with E-state index in [4.69, 9.17) is 4.42 Å². The summed E-state index contributed by atoms with van der Waals surface area (Å²) in [6.45, 7) is 1.07. The lowest BCUT2D eigenvalue weighted by Gasteiger charge is -2.15. The number of hydrogen-bond donors (Lipinski definition) is 1. The minimum atomic E-state index is -3.62. The maximum atomic E-state index is 12.8. The molecule has 0 unspecified atom stereocenters. The van der Waals surface area contributed by atoms with Gasteiger partial charge in [0.25, 0.3) is 0 Å². The molecule has 5 rings (SSSR count). The molecule has 1 saturated heterocycles. The van der Waals surface area contributed by atoms with Crippen molar-refractivity contribution in [1.82, 2.24) is 13.9 Å². The first-order chi connectivity index (χ1) is 16.4. The van der Waals surface area contributed by atoms with Crippen molar-refractivity contribution >= 4 is 43.5 Å². The van der Waals surface area contributed by atoms with Crippen molar-refractivity contribution in [3.63, 3.8) is 0 Å². The van der Waals surface area contributed by atoms with Crippen LogP contribution in [0.25, 0.3) is 22.4 Å². The average molecular weight is 499 g/mol. The molecule has 4 aromatic rings. The molecule has 9 nitrogen and oxygen atoms in total. The Hall–Kier alpha value is -3.28. The molecule has 0 bridgehead atoms. The number of anilines is 1. The summed E-state index contributed by atoms with van der Waals surface area (Å²) < 4.78 is 33.6. The second-order valence-corrected chi connectivity index (χ2v) is 10.8. The van der Waals surface area contributed by atoms with Gasteiger partial charge in [0.15, 0.2) is 10.7 Å². The number of aryl methyl sites for hydroxylation is 1. The van der Waals surface area contributed by atoms with Crippen LogP contribution in [0.4, 0.5) is 5.13 Å². The molecule has 176 valence electrons. The zero-order chi connectivity index (χ0) is 23.7. The average Bonchev–Trinajstić information content (AvgIpc) is 3.58. The van der Waals surface area contributed by atoms with Crippen LogP contribution in [0, 0.1) is 0 Å². The Morgan fingerprint density at radius 2 is 1.88 bits per heavy atom. The number of oxazole rings is 1. The quantitative estimate of drug-likeness (QED) is 0.417. The highest BCUT2D eigenvalue weighted by molar-refractivity contribution is 7.89. The first-order valence-corrected chi connectivity index (χ1v) is 13.2. The fourth-order valence-electron chi connectivity index (χ4n) is 3.96. The number of hydrogen-bond acceptors (Lipinski definition) is 7. The fraction of sp³-hybridized carbons (Fsp3) is 0.261. The lowest BCUT2D eigenvalue weighted by atomic mass is 10.2. The number of benzene rings is 2. The van der Waals surface area contributed by atoms with Crippen molar-refractivity contribution in [2.45, 2.75) is 30.7 Å². The summed E-state index contributed by atoms with van der Waals surface area (Å²) in [5.74, 6) is -0.928. The first kappa shape index (κ1) is 22.5. The van der Waals surface area contributed by atoms with Crippen LogP contribution in [-0.2, 0) is 21.4 Å². The number of fused-ring (bicyclic) bond motifs is 1. The summed E-state index contributed by atoms with van der Waals surface area (Å²) >= 11 is 1.33. The number of carbonyl (C=O) groups excluding carboxylic acids is 1. The van der Waals surface area contributed by atoms with Crippen LogP contribution < -0.4 is 11.1 Å². The van der Waals surface area contributed by atoms with Gasteiger partial charge in [-0.25, -0.2) is 18.2 Å². The zero-order valence-corrected chi connectivity index (χ0v) is 19.8. The lowest BCUT2D eigenvalue weighted by Crippen LogP contribution is -2.27. The molecular weight excluding hydrogens is 476 g/mol.